The zero-order chi connectivity index (χ0) is 11.0. The highest BCUT2D eigenvalue weighted by atomic mass is 32.2. The summed E-state index contributed by atoms with van der Waals surface area (Å²) in [5.74, 6) is -0.252. The Morgan fingerprint density at radius 3 is 2.21 bits per heavy atom. The lowest BCUT2D eigenvalue weighted by Crippen LogP contribution is -2.10. The Kier molecular flexibility index (Phi) is 7.13. The van der Waals surface area contributed by atoms with Crippen LogP contribution >= 0.6 is 0 Å². The van der Waals surface area contributed by atoms with E-state index in [1.54, 1.807) is 0 Å². The van der Waals surface area contributed by atoms with Crippen molar-refractivity contribution >= 4 is 10.1 Å². The van der Waals surface area contributed by atoms with E-state index in [4.69, 9.17) is 4.55 Å². The molecule has 0 fully saturated rings. The van der Waals surface area contributed by atoms with Crippen LogP contribution in [0.25, 0.3) is 0 Å². The molecule has 0 bridgehead atoms. The fraction of sp³-hybridized carbons (Fsp3) is 1.00. The third-order valence-corrected chi connectivity index (χ3v) is 2.89. The van der Waals surface area contributed by atoms with E-state index in [0.29, 0.717) is 12.8 Å². The SMILES string of the molecule is CCCCCC(O)CCCS(=O)(=O)O. The molecule has 0 radical (unpaired) electrons. The predicted octanol–water partition coefficient (Wildman–Crippen LogP) is 1.60. The van der Waals surface area contributed by atoms with E-state index < -0.39 is 16.2 Å². The van der Waals surface area contributed by atoms with Crippen LogP contribution in [0.15, 0.2) is 0 Å². The summed E-state index contributed by atoms with van der Waals surface area (Å²) in [7, 11) is -3.86. The molecule has 14 heavy (non-hydrogen) atoms. The van der Waals surface area contributed by atoms with Crippen LogP contribution in [0, 0.1) is 0 Å². The van der Waals surface area contributed by atoms with Gasteiger partial charge in [0.15, 0.2) is 0 Å². The van der Waals surface area contributed by atoms with E-state index in [2.05, 4.69) is 6.92 Å². The molecule has 0 saturated carbocycles. The van der Waals surface area contributed by atoms with E-state index in [1.165, 1.54) is 0 Å². The molecule has 0 aliphatic carbocycles. The van der Waals surface area contributed by atoms with Crippen LogP contribution < -0.4 is 0 Å². The van der Waals surface area contributed by atoms with Crippen molar-refractivity contribution in [3.05, 3.63) is 0 Å². The maximum Gasteiger partial charge on any atom is 0.264 e. The van der Waals surface area contributed by atoms with Gasteiger partial charge in [0.1, 0.15) is 0 Å². The molecule has 86 valence electrons. The number of unbranched alkanes of at least 4 members (excludes halogenated alkanes) is 2. The summed E-state index contributed by atoms with van der Waals surface area (Å²) in [6.07, 6.45) is 4.24. The number of rotatable bonds is 8. The zero-order valence-electron chi connectivity index (χ0n) is 8.65. The minimum Gasteiger partial charge on any atom is -0.393 e. The molecule has 1 unspecified atom stereocenters. The van der Waals surface area contributed by atoms with Crippen molar-refractivity contribution in [1.82, 2.24) is 0 Å². The van der Waals surface area contributed by atoms with Gasteiger partial charge in [0, 0.05) is 0 Å². The summed E-state index contributed by atoms with van der Waals surface area (Å²) in [6.45, 7) is 2.09. The van der Waals surface area contributed by atoms with Gasteiger partial charge in [0.05, 0.1) is 11.9 Å². The first-order valence-corrected chi connectivity index (χ1v) is 6.70. The van der Waals surface area contributed by atoms with Crippen molar-refractivity contribution in [2.75, 3.05) is 5.75 Å². The van der Waals surface area contributed by atoms with Crippen molar-refractivity contribution < 1.29 is 18.1 Å². The van der Waals surface area contributed by atoms with Crippen LogP contribution in [0.4, 0.5) is 0 Å². The Balaban J connectivity index is 3.40. The van der Waals surface area contributed by atoms with Crippen molar-refractivity contribution in [1.29, 1.82) is 0 Å². The molecule has 2 N–H and O–H groups in total. The molecule has 0 aromatic heterocycles. The molecule has 0 aromatic carbocycles. The maximum atomic E-state index is 10.3. The average molecular weight is 224 g/mol. The van der Waals surface area contributed by atoms with E-state index in [9.17, 15) is 13.5 Å². The van der Waals surface area contributed by atoms with E-state index >= 15 is 0 Å². The first-order chi connectivity index (χ1) is 6.45. The minimum atomic E-state index is -3.86. The van der Waals surface area contributed by atoms with Gasteiger partial charge in [-0.25, -0.2) is 0 Å². The quantitative estimate of drug-likeness (QED) is 0.485. The molecule has 4 nitrogen and oxygen atoms in total. The molecule has 0 aromatic rings. The second-order valence-electron chi connectivity index (χ2n) is 3.58. The Labute approximate surface area is 86.1 Å². The second kappa shape index (κ2) is 7.20. The maximum absolute atomic E-state index is 10.3. The molecule has 0 aliphatic heterocycles. The Morgan fingerprint density at radius 2 is 1.71 bits per heavy atom. The number of hydrogen-bond donors (Lipinski definition) is 2. The minimum absolute atomic E-state index is 0.252. The zero-order valence-corrected chi connectivity index (χ0v) is 9.46. The van der Waals surface area contributed by atoms with Crippen LogP contribution in [0.3, 0.4) is 0 Å². The Morgan fingerprint density at radius 1 is 1.14 bits per heavy atom. The third-order valence-electron chi connectivity index (χ3n) is 2.08. The molecular formula is C9H20O4S. The summed E-state index contributed by atoms with van der Waals surface area (Å²) in [6, 6.07) is 0. The fourth-order valence-electron chi connectivity index (χ4n) is 1.28. The van der Waals surface area contributed by atoms with Crippen LogP contribution in [0.5, 0.6) is 0 Å². The summed E-state index contributed by atoms with van der Waals surface area (Å²) < 4.78 is 29.1. The van der Waals surface area contributed by atoms with Gasteiger partial charge in [0.2, 0.25) is 0 Å². The van der Waals surface area contributed by atoms with Crippen LogP contribution in [0.2, 0.25) is 0 Å². The van der Waals surface area contributed by atoms with Gasteiger partial charge in [-0.1, -0.05) is 26.2 Å². The van der Waals surface area contributed by atoms with Gasteiger partial charge in [-0.05, 0) is 19.3 Å². The highest BCUT2D eigenvalue weighted by Gasteiger charge is 2.08. The van der Waals surface area contributed by atoms with E-state index in [0.717, 1.165) is 25.7 Å². The number of aliphatic hydroxyl groups is 1. The van der Waals surface area contributed by atoms with Gasteiger partial charge in [-0.2, -0.15) is 8.42 Å². The molecule has 0 spiro atoms. The molecule has 0 aliphatic rings. The number of aliphatic hydroxyl groups excluding tert-OH is 1. The van der Waals surface area contributed by atoms with E-state index in [1.807, 2.05) is 0 Å². The molecule has 0 rings (SSSR count). The van der Waals surface area contributed by atoms with Crippen LogP contribution in [-0.2, 0) is 10.1 Å². The Bertz CT molecular complexity index is 223. The fourth-order valence-corrected chi connectivity index (χ4v) is 1.81. The largest absolute Gasteiger partial charge is 0.393 e. The highest BCUT2D eigenvalue weighted by Crippen LogP contribution is 2.08. The van der Waals surface area contributed by atoms with Crippen molar-refractivity contribution in [3.63, 3.8) is 0 Å². The summed E-state index contributed by atoms with van der Waals surface area (Å²) in [5, 5.41) is 9.40. The van der Waals surface area contributed by atoms with Gasteiger partial charge in [-0.3, -0.25) is 4.55 Å². The molecule has 0 amide bonds. The van der Waals surface area contributed by atoms with Gasteiger partial charge in [0.25, 0.3) is 10.1 Å². The van der Waals surface area contributed by atoms with E-state index in [-0.39, 0.29) is 5.75 Å². The molecule has 0 saturated heterocycles. The second-order valence-corrected chi connectivity index (χ2v) is 5.15. The summed E-state index contributed by atoms with van der Waals surface area (Å²) >= 11 is 0. The summed E-state index contributed by atoms with van der Waals surface area (Å²) in [4.78, 5) is 0. The first kappa shape index (κ1) is 13.9. The monoisotopic (exact) mass is 224 g/mol. The Hall–Kier alpha value is -0.130. The topological polar surface area (TPSA) is 74.6 Å². The molecule has 0 heterocycles. The smallest absolute Gasteiger partial charge is 0.264 e. The van der Waals surface area contributed by atoms with Gasteiger partial charge >= 0.3 is 0 Å². The lowest BCUT2D eigenvalue weighted by molar-refractivity contribution is 0.150. The van der Waals surface area contributed by atoms with Crippen molar-refractivity contribution in [2.45, 2.75) is 51.6 Å². The molecular weight excluding hydrogens is 204 g/mol. The van der Waals surface area contributed by atoms with Crippen LogP contribution in [0.1, 0.15) is 45.4 Å². The van der Waals surface area contributed by atoms with Crippen molar-refractivity contribution in [2.24, 2.45) is 0 Å². The van der Waals surface area contributed by atoms with Gasteiger partial charge < -0.3 is 5.11 Å². The first-order valence-electron chi connectivity index (χ1n) is 5.09. The number of hydrogen-bond acceptors (Lipinski definition) is 3. The average Bonchev–Trinajstić information content (AvgIpc) is 2.02. The summed E-state index contributed by atoms with van der Waals surface area (Å²) in [5.41, 5.74) is 0. The standard InChI is InChI=1S/C9H20O4S/c1-2-3-4-6-9(10)7-5-8-14(11,12)13/h9-10H,2-8H2,1H3,(H,11,12,13). The molecule has 1 atom stereocenters. The lowest BCUT2D eigenvalue weighted by Gasteiger charge is -2.08. The normalized spacial score (nSPS) is 14.2. The van der Waals surface area contributed by atoms with Crippen LogP contribution in [-0.4, -0.2) is 29.9 Å². The molecule has 5 heteroatoms. The lowest BCUT2D eigenvalue weighted by atomic mass is 10.1. The predicted molar refractivity (Wildman–Crippen MR) is 55.8 cm³/mol. The highest BCUT2D eigenvalue weighted by molar-refractivity contribution is 7.85. The van der Waals surface area contributed by atoms with Gasteiger partial charge in [-0.15, -0.1) is 0 Å². The third kappa shape index (κ3) is 9.95. The van der Waals surface area contributed by atoms with Crippen molar-refractivity contribution in [3.8, 4) is 0 Å².